The zero-order valence-corrected chi connectivity index (χ0v) is 17.3. The number of hydrogen-bond donors (Lipinski definition) is 2. The van der Waals surface area contributed by atoms with Crippen molar-refractivity contribution in [2.24, 2.45) is 10.2 Å². The molecule has 0 bridgehead atoms. The lowest BCUT2D eigenvalue weighted by Crippen LogP contribution is -2.15. The average Bonchev–Trinajstić information content (AvgIpc) is 3.06. The molecule has 1 aromatic heterocycles. The van der Waals surface area contributed by atoms with Gasteiger partial charge in [-0.05, 0) is 30.2 Å². The molecule has 0 aliphatic heterocycles. The standard InChI is InChI=1S/C22H18N4O4S/c1-14-7-8-17-21(9-14)31-22(25(17)13-15-5-3-2-4-6-15)24-23-12-16-10-18(26(29)30)20(28)11-19(16)27/h2-12,27-28H,13H2,1H3/b23-12+,24-22?. The van der Waals surface area contributed by atoms with Crippen molar-refractivity contribution in [3.63, 3.8) is 0 Å². The van der Waals surface area contributed by atoms with Crippen LogP contribution in [0.25, 0.3) is 10.2 Å². The predicted molar refractivity (Wildman–Crippen MR) is 120 cm³/mol. The van der Waals surface area contributed by atoms with Crippen LogP contribution in [0.2, 0.25) is 0 Å². The van der Waals surface area contributed by atoms with Crippen molar-refractivity contribution in [2.45, 2.75) is 13.5 Å². The maximum absolute atomic E-state index is 11.0. The summed E-state index contributed by atoms with van der Waals surface area (Å²) in [6.45, 7) is 2.63. The normalized spacial score (nSPS) is 12.1. The lowest BCUT2D eigenvalue weighted by Gasteiger charge is -2.05. The minimum Gasteiger partial charge on any atom is -0.507 e. The minimum atomic E-state index is -0.731. The van der Waals surface area contributed by atoms with Gasteiger partial charge in [0.25, 0.3) is 0 Å². The Bertz CT molecular complexity index is 1370. The second-order valence-electron chi connectivity index (χ2n) is 6.93. The molecule has 0 unspecified atom stereocenters. The number of hydrogen-bond acceptors (Lipinski definition) is 7. The molecule has 8 nitrogen and oxygen atoms in total. The summed E-state index contributed by atoms with van der Waals surface area (Å²) >= 11 is 1.48. The number of aromatic hydroxyl groups is 2. The van der Waals surface area contributed by atoms with E-state index in [2.05, 4.69) is 16.3 Å². The third-order valence-electron chi connectivity index (χ3n) is 4.68. The number of nitrogens with zero attached hydrogens (tertiary/aromatic N) is 4. The van der Waals surface area contributed by atoms with Crippen LogP contribution in [0.3, 0.4) is 0 Å². The highest BCUT2D eigenvalue weighted by Crippen LogP contribution is 2.32. The van der Waals surface area contributed by atoms with Gasteiger partial charge in [-0.2, -0.15) is 5.10 Å². The first kappa shape index (κ1) is 20.3. The molecular weight excluding hydrogens is 416 g/mol. The fourth-order valence-electron chi connectivity index (χ4n) is 3.15. The Kier molecular flexibility index (Phi) is 5.50. The second-order valence-corrected chi connectivity index (χ2v) is 7.94. The molecule has 1 heterocycles. The molecule has 0 spiro atoms. The highest BCUT2D eigenvalue weighted by molar-refractivity contribution is 7.16. The summed E-state index contributed by atoms with van der Waals surface area (Å²) in [5, 5.41) is 38.9. The molecule has 0 saturated heterocycles. The van der Waals surface area contributed by atoms with Crippen LogP contribution in [0.5, 0.6) is 11.5 Å². The van der Waals surface area contributed by atoms with Gasteiger partial charge >= 0.3 is 5.69 Å². The summed E-state index contributed by atoms with van der Waals surface area (Å²) in [5.74, 6) is -0.941. The number of benzene rings is 3. The molecule has 0 saturated carbocycles. The van der Waals surface area contributed by atoms with Gasteiger partial charge < -0.3 is 14.8 Å². The highest BCUT2D eigenvalue weighted by Gasteiger charge is 2.16. The molecule has 4 aromatic rings. The first-order valence-corrected chi connectivity index (χ1v) is 10.2. The summed E-state index contributed by atoms with van der Waals surface area (Å²) in [4.78, 5) is 10.9. The van der Waals surface area contributed by atoms with E-state index in [9.17, 15) is 20.3 Å². The van der Waals surface area contributed by atoms with E-state index >= 15 is 0 Å². The van der Waals surface area contributed by atoms with Gasteiger partial charge in [-0.1, -0.05) is 47.7 Å². The largest absolute Gasteiger partial charge is 0.507 e. The van der Waals surface area contributed by atoms with Gasteiger partial charge in [0.2, 0.25) is 4.80 Å². The van der Waals surface area contributed by atoms with Crippen molar-refractivity contribution < 1.29 is 15.1 Å². The Labute approximate surface area is 180 Å². The molecule has 0 aliphatic rings. The lowest BCUT2D eigenvalue weighted by molar-refractivity contribution is -0.385. The third-order valence-corrected chi connectivity index (χ3v) is 5.71. The van der Waals surface area contributed by atoms with Crippen LogP contribution >= 0.6 is 11.3 Å². The first-order valence-electron chi connectivity index (χ1n) is 9.34. The highest BCUT2D eigenvalue weighted by atomic mass is 32.1. The predicted octanol–water partition coefficient (Wildman–Crippen LogP) is 4.31. The second kappa shape index (κ2) is 8.41. The Balaban J connectivity index is 1.78. The fourth-order valence-corrected chi connectivity index (χ4v) is 4.23. The summed E-state index contributed by atoms with van der Waals surface area (Å²) < 4.78 is 3.11. The number of rotatable bonds is 5. The summed E-state index contributed by atoms with van der Waals surface area (Å²) in [6.07, 6.45) is 1.23. The van der Waals surface area contributed by atoms with Gasteiger partial charge in [0.1, 0.15) is 5.75 Å². The van der Waals surface area contributed by atoms with Crippen LogP contribution in [-0.4, -0.2) is 25.9 Å². The van der Waals surface area contributed by atoms with Crippen LogP contribution in [0, 0.1) is 17.0 Å². The molecule has 0 fully saturated rings. The molecule has 31 heavy (non-hydrogen) atoms. The van der Waals surface area contributed by atoms with Crippen LogP contribution in [0.4, 0.5) is 5.69 Å². The van der Waals surface area contributed by atoms with Gasteiger partial charge in [0, 0.05) is 17.7 Å². The maximum Gasteiger partial charge on any atom is 0.311 e. The van der Waals surface area contributed by atoms with Gasteiger partial charge in [0.05, 0.1) is 27.9 Å². The van der Waals surface area contributed by atoms with E-state index in [1.54, 1.807) is 0 Å². The molecule has 4 rings (SSSR count). The topological polar surface area (TPSA) is 113 Å². The van der Waals surface area contributed by atoms with E-state index in [-0.39, 0.29) is 11.3 Å². The van der Waals surface area contributed by atoms with Crippen LogP contribution < -0.4 is 4.80 Å². The van der Waals surface area contributed by atoms with Crippen LogP contribution in [0.15, 0.2) is 70.9 Å². The van der Waals surface area contributed by atoms with Gasteiger partial charge in [0.15, 0.2) is 5.75 Å². The number of nitro benzene ring substituents is 1. The van der Waals surface area contributed by atoms with Crippen molar-refractivity contribution in [1.82, 2.24) is 4.57 Å². The van der Waals surface area contributed by atoms with Crippen molar-refractivity contribution in [3.05, 3.63) is 92.3 Å². The van der Waals surface area contributed by atoms with E-state index in [1.807, 2.05) is 54.0 Å². The van der Waals surface area contributed by atoms with E-state index in [4.69, 9.17) is 0 Å². The SMILES string of the molecule is Cc1ccc2c(c1)sc(=N/N=C/c1cc([N+](=O)[O-])c(O)cc1O)n2Cc1ccccc1. The molecule has 156 valence electrons. The lowest BCUT2D eigenvalue weighted by atomic mass is 10.2. The Morgan fingerprint density at radius 3 is 2.61 bits per heavy atom. The molecule has 2 N–H and O–H groups in total. The van der Waals surface area contributed by atoms with Crippen molar-refractivity contribution >= 4 is 33.5 Å². The van der Waals surface area contributed by atoms with Gasteiger partial charge in [-0.25, -0.2) is 0 Å². The number of nitro groups is 1. The number of fused-ring (bicyclic) bond motifs is 1. The minimum absolute atomic E-state index is 0.0832. The van der Waals surface area contributed by atoms with Gasteiger partial charge in [-0.3, -0.25) is 10.1 Å². The summed E-state index contributed by atoms with van der Waals surface area (Å²) in [7, 11) is 0. The van der Waals surface area contributed by atoms with Crippen molar-refractivity contribution in [2.75, 3.05) is 0 Å². The van der Waals surface area contributed by atoms with Crippen molar-refractivity contribution in [3.8, 4) is 11.5 Å². The van der Waals surface area contributed by atoms with E-state index in [0.717, 1.165) is 33.5 Å². The van der Waals surface area contributed by atoms with E-state index in [1.165, 1.54) is 17.6 Å². The summed E-state index contributed by atoms with van der Waals surface area (Å²) in [5.41, 5.74) is 2.84. The Hall–Kier alpha value is -3.98. The van der Waals surface area contributed by atoms with E-state index < -0.39 is 16.4 Å². The smallest absolute Gasteiger partial charge is 0.311 e. The number of thiazole rings is 1. The van der Waals surface area contributed by atoms with Crippen molar-refractivity contribution in [1.29, 1.82) is 0 Å². The molecule has 0 radical (unpaired) electrons. The zero-order valence-electron chi connectivity index (χ0n) is 16.5. The summed E-state index contributed by atoms with van der Waals surface area (Å²) in [6, 6.07) is 18.1. The third kappa shape index (κ3) is 4.31. The number of phenols is 2. The molecule has 0 atom stereocenters. The van der Waals surface area contributed by atoms with E-state index in [0.29, 0.717) is 11.3 Å². The number of phenolic OH excluding ortho intramolecular Hbond substituents is 2. The number of aromatic nitrogens is 1. The quantitative estimate of drug-likeness (QED) is 0.277. The molecule has 9 heteroatoms. The zero-order chi connectivity index (χ0) is 22.0. The van der Waals surface area contributed by atoms with Crippen LogP contribution in [0.1, 0.15) is 16.7 Å². The monoisotopic (exact) mass is 434 g/mol. The van der Waals surface area contributed by atoms with Gasteiger partial charge in [-0.15, -0.1) is 5.10 Å². The first-order chi connectivity index (χ1) is 14.9. The molecule has 0 amide bonds. The molecule has 3 aromatic carbocycles. The van der Waals surface area contributed by atoms with Crippen LogP contribution in [-0.2, 0) is 6.54 Å². The molecule has 0 aliphatic carbocycles. The molecular formula is C22H18N4O4S. The Morgan fingerprint density at radius 1 is 1.10 bits per heavy atom. The average molecular weight is 434 g/mol. The Morgan fingerprint density at radius 2 is 1.87 bits per heavy atom. The maximum atomic E-state index is 11.0. The fraction of sp³-hybridized carbons (Fsp3) is 0.0909. The number of aryl methyl sites for hydroxylation is 1.